The van der Waals surface area contributed by atoms with E-state index in [9.17, 15) is 0 Å². The third kappa shape index (κ3) is 2.81. The van der Waals surface area contributed by atoms with Crippen LogP contribution in [0.3, 0.4) is 0 Å². The molecule has 0 unspecified atom stereocenters. The zero-order chi connectivity index (χ0) is 13.1. The van der Waals surface area contributed by atoms with Crippen LogP contribution >= 0.6 is 0 Å². The summed E-state index contributed by atoms with van der Waals surface area (Å²) in [6, 6.07) is 0. The molecular weight excluding hydrogens is 238 g/mol. The minimum atomic E-state index is 0.696. The van der Waals surface area contributed by atoms with Crippen molar-refractivity contribution in [3.8, 4) is 11.5 Å². The molecule has 1 saturated heterocycles. The monoisotopic (exact) mass is 257 g/mol. The molecule has 1 N–H and O–H groups in total. The fourth-order valence-electron chi connectivity index (χ4n) is 2.58. The van der Waals surface area contributed by atoms with Crippen LogP contribution in [0, 0.1) is 5.92 Å². The van der Waals surface area contributed by atoms with Crippen LogP contribution < -0.4 is 5.32 Å². The summed E-state index contributed by atoms with van der Waals surface area (Å²) in [6.07, 6.45) is 11.0. The Morgan fingerprint density at radius 2 is 2.26 bits per heavy atom. The lowest BCUT2D eigenvalue weighted by Gasteiger charge is -2.22. The standard InChI is InChI=1S/C14H19N5/c1-19-6-5-16-14(19)13-10-17-12(9-18-13)7-11-3-2-4-15-8-11/h5-6,9-11,15H,2-4,7-8H2,1H3/t11-/m0/s1. The van der Waals surface area contributed by atoms with E-state index in [2.05, 4.69) is 20.3 Å². The molecule has 0 amide bonds. The van der Waals surface area contributed by atoms with Gasteiger partial charge in [0.2, 0.25) is 0 Å². The van der Waals surface area contributed by atoms with Gasteiger partial charge < -0.3 is 9.88 Å². The van der Waals surface area contributed by atoms with Crippen molar-refractivity contribution < 1.29 is 0 Å². The van der Waals surface area contributed by atoms with E-state index in [4.69, 9.17) is 0 Å². The average molecular weight is 257 g/mol. The SMILES string of the molecule is Cn1ccnc1-c1cnc(C[C@@H]2CCCNC2)cn1. The number of aromatic nitrogens is 4. The third-order valence-electron chi connectivity index (χ3n) is 3.65. The number of hydrogen-bond acceptors (Lipinski definition) is 4. The van der Waals surface area contributed by atoms with Crippen molar-refractivity contribution in [2.75, 3.05) is 13.1 Å². The third-order valence-corrected chi connectivity index (χ3v) is 3.65. The minimum Gasteiger partial charge on any atom is -0.333 e. The Labute approximate surface area is 113 Å². The summed E-state index contributed by atoms with van der Waals surface area (Å²) in [4.78, 5) is 13.3. The van der Waals surface area contributed by atoms with Gasteiger partial charge in [0.15, 0.2) is 5.82 Å². The molecule has 1 fully saturated rings. The molecular formula is C14H19N5. The molecule has 0 spiro atoms. The molecule has 19 heavy (non-hydrogen) atoms. The lowest BCUT2D eigenvalue weighted by atomic mass is 9.95. The maximum Gasteiger partial charge on any atom is 0.159 e. The Balaban J connectivity index is 1.70. The highest BCUT2D eigenvalue weighted by molar-refractivity contribution is 5.47. The van der Waals surface area contributed by atoms with Crippen molar-refractivity contribution in [1.29, 1.82) is 0 Å². The predicted octanol–water partition coefficient (Wildman–Crippen LogP) is 1.42. The summed E-state index contributed by atoms with van der Waals surface area (Å²) < 4.78 is 1.95. The topological polar surface area (TPSA) is 55.6 Å². The van der Waals surface area contributed by atoms with E-state index in [-0.39, 0.29) is 0 Å². The van der Waals surface area contributed by atoms with Crippen LogP contribution in [-0.2, 0) is 13.5 Å². The summed E-state index contributed by atoms with van der Waals surface area (Å²) in [7, 11) is 1.96. The maximum absolute atomic E-state index is 4.53. The normalized spacial score (nSPS) is 19.5. The van der Waals surface area contributed by atoms with Gasteiger partial charge >= 0.3 is 0 Å². The molecule has 2 aromatic heterocycles. The summed E-state index contributed by atoms with van der Waals surface area (Å²) in [6.45, 7) is 2.25. The predicted molar refractivity (Wildman–Crippen MR) is 73.5 cm³/mol. The first kappa shape index (κ1) is 12.3. The highest BCUT2D eigenvalue weighted by Crippen LogP contribution is 2.16. The largest absolute Gasteiger partial charge is 0.333 e. The zero-order valence-electron chi connectivity index (χ0n) is 11.2. The van der Waals surface area contributed by atoms with E-state index in [1.165, 1.54) is 12.8 Å². The second-order valence-corrected chi connectivity index (χ2v) is 5.17. The van der Waals surface area contributed by atoms with Gasteiger partial charge in [0.25, 0.3) is 0 Å². The van der Waals surface area contributed by atoms with Crippen molar-refractivity contribution in [3.63, 3.8) is 0 Å². The first-order valence-electron chi connectivity index (χ1n) is 6.82. The quantitative estimate of drug-likeness (QED) is 0.903. The van der Waals surface area contributed by atoms with Crippen molar-refractivity contribution in [2.24, 2.45) is 13.0 Å². The molecule has 5 nitrogen and oxygen atoms in total. The Hall–Kier alpha value is -1.75. The molecule has 0 radical (unpaired) electrons. The summed E-state index contributed by atoms with van der Waals surface area (Å²) in [5.74, 6) is 1.56. The molecule has 0 saturated carbocycles. The maximum atomic E-state index is 4.53. The summed E-state index contributed by atoms with van der Waals surface area (Å²) >= 11 is 0. The van der Waals surface area contributed by atoms with Crippen LogP contribution in [0.25, 0.3) is 11.5 Å². The summed E-state index contributed by atoms with van der Waals surface area (Å²) in [5.41, 5.74) is 1.91. The van der Waals surface area contributed by atoms with Crippen molar-refractivity contribution in [2.45, 2.75) is 19.3 Å². The van der Waals surface area contributed by atoms with Crippen LogP contribution in [0.4, 0.5) is 0 Å². The van der Waals surface area contributed by atoms with Crippen LogP contribution in [0.1, 0.15) is 18.5 Å². The highest BCUT2D eigenvalue weighted by atomic mass is 15.1. The number of imidazole rings is 1. The molecule has 100 valence electrons. The van der Waals surface area contributed by atoms with E-state index >= 15 is 0 Å². The van der Waals surface area contributed by atoms with E-state index in [1.807, 2.05) is 30.2 Å². The van der Waals surface area contributed by atoms with Crippen molar-refractivity contribution in [1.82, 2.24) is 24.8 Å². The van der Waals surface area contributed by atoms with E-state index in [1.54, 1.807) is 6.20 Å². The molecule has 3 rings (SSSR count). The first-order valence-corrected chi connectivity index (χ1v) is 6.82. The lowest BCUT2D eigenvalue weighted by molar-refractivity contribution is 0.373. The lowest BCUT2D eigenvalue weighted by Crippen LogP contribution is -2.31. The Morgan fingerprint density at radius 1 is 1.32 bits per heavy atom. The summed E-state index contributed by atoms with van der Waals surface area (Å²) in [5, 5.41) is 3.43. The molecule has 0 bridgehead atoms. The smallest absolute Gasteiger partial charge is 0.159 e. The Bertz CT molecular complexity index is 525. The molecule has 1 aliphatic rings. The van der Waals surface area contributed by atoms with Gasteiger partial charge in [-0.05, 0) is 38.3 Å². The van der Waals surface area contributed by atoms with Gasteiger partial charge in [-0.1, -0.05) is 0 Å². The molecule has 0 aromatic carbocycles. The number of piperidine rings is 1. The average Bonchev–Trinajstić information content (AvgIpc) is 2.87. The van der Waals surface area contributed by atoms with Crippen LogP contribution in [0.2, 0.25) is 0 Å². The van der Waals surface area contributed by atoms with Crippen molar-refractivity contribution >= 4 is 0 Å². The first-order chi connectivity index (χ1) is 9.33. The molecule has 2 aromatic rings. The van der Waals surface area contributed by atoms with Gasteiger partial charge in [-0.25, -0.2) is 9.97 Å². The van der Waals surface area contributed by atoms with Gasteiger partial charge in [0.1, 0.15) is 5.69 Å². The number of aryl methyl sites for hydroxylation is 1. The van der Waals surface area contributed by atoms with Crippen LogP contribution in [-0.4, -0.2) is 32.6 Å². The molecule has 1 atom stereocenters. The van der Waals surface area contributed by atoms with E-state index in [0.29, 0.717) is 5.92 Å². The van der Waals surface area contributed by atoms with Crippen LogP contribution in [0.5, 0.6) is 0 Å². The molecule has 0 aliphatic carbocycles. The minimum absolute atomic E-state index is 0.696. The Kier molecular flexibility index (Phi) is 3.55. The van der Waals surface area contributed by atoms with Gasteiger partial charge in [0, 0.05) is 25.6 Å². The van der Waals surface area contributed by atoms with E-state index in [0.717, 1.165) is 36.7 Å². The van der Waals surface area contributed by atoms with E-state index < -0.39 is 0 Å². The van der Waals surface area contributed by atoms with Gasteiger partial charge in [-0.15, -0.1) is 0 Å². The van der Waals surface area contributed by atoms with Gasteiger partial charge in [0.05, 0.1) is 11.9 Å². The number of rotatable bonds is 3. The highest BCUT2D eigenvalue weighted by Gasteiger charge is 2.14. The van der Waals surface area contributed by atoms with Gasteiger partial charge in [-0.3, -0.25) is 4.98 Å². The number of hydrogen-bond donors (Lipinski definition) is 1. The van der Waals surface area contributed by atoms with Gasteiger partial charge in [-0.2, -0.15) is 0 Å². The second-order valence-electron chi connectivity index (χ2n) is 5.17. The second kappa shape index (κ2) is 5.48. The zero-order valence-corrected chi connectivity index (χ0v) is 11.2. The fraction of sp³-hybridized carbons (Fsp3) is 0.500. The fourth-order valence-corrected chi connectivity index (χ4v) is 2.58. The van der Waals surface area contributed by atoms with Crippen molar-refractivity contribution in [3.05, 3.63) is 30.5 Å². The Morgan fingerprint density at radius 3 is 2.89 bits per heavy atom. The number of nitrogens with one attached hydrogen (secondary N) is 1. The molecule has 5 heteroatoms. The molecule has 1 aliphatic heterocycles. The van der Waals surface area contributed by atoms with Crippen LogP contribution in [0.15, 0.2) is 24.8 Å². The number of nitrogens with zero attached hydrogens (tertiary/aromatic N) is 4. The molecule has 3 heterocycles.